The second-order valence-corrected chi connectivity index (χ2v) is 7.30. The van der Waals surface area contributed by atoms with Crippen LogP contribution in [0.5, 0.6) is 11.5 Å². The van der Waals surface area contributed by atoms with Crippen molar-refractivity contribution in [2.24, 2.45) is 0 Å². The molecule has 0 spiro atoms. The summed E-state index contributed by atoms with van der Waals surface area (Å²) in [4.78, 5) is 27.6. The minimum absolute atomic E-state index is 0.0555. The minimum Gasteiger partial charge on any atom is -0.504 e. The number of amides is 2. The van der Waals surface area contributed by atoms with Gasteiger partial charge < -0.3 is 9.84 Å². The highest BCUT2D eigenvalue weighted by Gasteiger charge is 2.24. The zero-order valence-electron chi connectivity index (χ0n) is 15.2. The normalized spacial score (nSPS) is 14.8. The lowest BCUT2D eigenvalue weighted by molar-refractivity contribution is -0.115. The van der Waals surface area contributed by atoms with E-state index in [1.807, 2.05) is 36.4 Å². The lowest BCUT2D eigenvalue weighted by Crippen LogP contribution is -2.17. The Morgan fingerprint density at radius 3 is 2.59 bits per heavy atom. The van der Waals surface area contributed by atoms with Gasteiger partial charge in [-0.2, -0.15) is 0 Å². The number of nitrogens with one attached hydrogen (secondary N) is 1. The van der Waals surface area contributed by atoms with Crippen molar-refractivity contribution in [2.75, 3.05) is 0 Å². The molecule has 0 atom stereocenters. The highest BCUT2D eigenvalue weighted by atomic mass is 32.2. The van der Waals surface area contributed by atoms with Crippen LogP contribution in [0.2, 0.25) is 0 Å². The van der Waals surface area contributed by atoms with E-state index in [1.54, 1.807) is 36.5 Å². The Labute approximate surface area is 171 Å². The number of imide groups is 1. The molecule has 0 bridgehead atoms. The van der Waals surface area contributed by atoms with Crippen molar-refractivity contribution in [1.29, 1.82) is 0 Å². The molecule has 2 N–H and O–H groups in total. The van der Waals surface area contributed by atoms with E-state index in [9.17, 15) is 14.7 Å². The fraction of sp³-hybridized carbons (Fsp3) is 0.0455. The van der Waals surface area contributed by atoms with E-state index in [1.165, 1.54) is 0 Å². The molecule has 7 heteroatoms. The van der Waals surface area contributed by atoms with Gasteiger partial charge in [-0.15, -0.1) is 0 Å². The number of pyridine rings is 1. The first-order chi connectivity index (χ1) is 14.1. The fourth-order valence-electron chi connectivity index (χ4n) is 2.76. The molecule has 0 radical (unpaired) electrons. The van der Waals surface area contributed by atoms with Crippen molar-refractivity contribution in [3.05, 3.63) is 82.9 Å². The van der Waals surface area contributed by atoms with E-state index in [2.05, 4.69) is 10.3 Å². The lowest BCUT2D eigenvalue weighted by atomic mass is 10.1. The number of phenolic OH excluding ortho intramolecular Hbond substituents is 1. The van der Waals surface area contributed by atoms with E-state index in [0.717, 1.165) is 22.9 Å². The predicted octanol–water partition coefficient (Wildman–Crippen LogP) is 4.36. The van der Waals surface area contributed by atoms with Gasteiger partial charge in [0.15, 0.2) is 11.5 Å². The van der Waals surface area contributed by atoms with Crippen LogP contribution >= 0.6 is 11.8 Å². The third-order valence-corrected chi connectivity index (χ3v) is 5.03. The van der Waals surface area contributed by atoms with Gasteiger partial charge in [0, 0.05) is 11.8 Å². The number of nitrogens with zero attached hydrogens (tertiary/aromatic N) is 1. The number of ether oxygens (including phenoxy) is 1. The molecule has 1 aromatic heterocycles. The summed E-state index contributed by atoms with van der Waals surface area (Å²) in [7, 11) is 0. The number of thioether (sulfide) groups is 1. The smallest absolute Gasteiger partial charge is 0.290 e. The third-order valence-electron chi connectivity index (χ3n) is 4.22. The molecule has 0 unspecified atom stereocenters. The van der Waals surface area contributed by atoms with Gasteiger partial charge in [-0.1, -0.05) is 36.4 Å². The Kier molecular flexibility index (Phi) is 5.31. The average Bonchev–Trinajstić information content (AvgIpc) is 3.05. The summed E-state index contributed by atoms with van der Waals surface area (Å²) in [5, 5.41) is 11.9. The van der Waals surface area contributed by atoms with Crippen LogP contribution in [0.25, 0.3) is 17.3 Å². The first-order valence-electron chi connectivity index (χ1n) is 8.79. The first-order valence-corrected chi connectivity index (χ1v) is 9.61. The maximum Gasteiger partial charge on any atom is 0.290 e. The van der Waals surface area contributed by atoms with Gasteiger partial charge in [-0.05, 0) is 53.2 Å². The molecule has 29 heavy (non-hydrogen) atoms. The highest BCUT2D eigenvalue weighted by Crippen LogP contribution is 2.32. The van der Waals surface area contributed by atoms with Crippen LogP contribution in [0.3, 0.4) is 0 Å². The topological polar surface area (TPSA) is 88.5 Å². The van der Waals surface area contributed by atoms with E-state index in [0.29, 0.717) is 28.5 Å². The molecule has 6 nitrogen and oxygen atoms in total. The summed E-state index contributed by atoms with van der Waals surface area (Å²) in [6, 6.07) is 18.4. The first kappa shape index (κ1) is 18.8. The van der Waals surface area contributed by atoms with E-state index < -0.39 is 5.91 Å². The number of hydrogen-bond acceptors (Lipinski definition) is 6. The second-order valence-electron chi connectivity index (χ2n) is 6.29. The number of hydrogen-bond donors (Lipinski definition) is 2. The quantitative estimate of drug-likeness (QED) is 0.615. The zero-order chi connectivity index (χ0) is 20.2. The zero-order valence-corrected chi connectivity index (χ0v) is 16.0. The van der Waals surface area contributed by atoms with Gasteiger partial charge in [-0.25, -0.2) is 0 Å². The van der Waals surface area contributed by atoms with Gasteiger partial charge >= 0.3 is 0 Å². The average molecular weight is 404 g/mol. The molecule has 4 rings (SSSR count). The predicted molar refractivity (Wildman–Crippen MR) is 111 cm³/mol. The number of benzene rings is 2. The summed E-state index contributed by atoms with van der Waals surface area (Å²) in [5.41, 5.74) is 3.19. The monoisotopic (exact) mass is 404 g/mol. The largest absolute Gasteiger partial charge is 0.504 e. The van der Waals surface area contributed by atoms with Crippen LogP contribution in [0.4, 0.5) is 4.79 Å². The molecule has 2 heterocycles. The second kappa shape index (κ2) is 8.20. The van der Waals surface area contributed by atoms with E-state index in [4.69, 9.17) is 4.74 Å². The molecule has 3 aromatic rings. The van der Waals surface area contributed by atoms with E-state index in [-0.39, 0.29) is 11.0 Å². The Morgan fingerprint density at radius 2 is 1.90 bits per heavy atom. The number of carbonyl (C=O) groups is 2. The van der Waals surface area contributed by atoms with Gasteiger partial charge in [0.05, 0.1) is 10.6 Å². The number of aromatic hydroxyl groups is 1. The Balaban J connectivity index is 1.52. The lowest BCUT2D eigenvalue weighted by Gasteiger charge is -2.10. The molecule has 0 saturated carbocycles. The van der Waals surface area contributed by atoms with Crippen molar-refractivity contribution in [2.45, 2.75) is 6.61 Å². The molecule has 1 aliphatic heterocycles. The summed E-state index contributed by atoms with van der Waals surface area (Å²) in [5.74, 6) is 0.0275. The Morgan fingerprint density at radius 1 is 1.07 bits per heavy atom. The van der Waals surface area contributed by atoms with Crippen molar-refractivity contribution in [3.63, 3.8) is 0 Å². The van der Waals surface area contributed by atoms with Crippen molar-refractivity contribution in [1.82, 2.24) is 10.3 Å². The summed E-state index contributed by atoms with van der Waals surface area (Å²) in [6.07, 6.45) is 3.24. The molecule has 1 fully saturated rings. The van der Waals surface area contributed by atoms with Crippen molar-refractivity contribution in [3.8, 4) is 22.8 Å². The number of carbonyl (C=O) groups excluding carboxylic acids is 2. The highest BCUT2D eigenvalue weighted by molar-refractivity contribution is 8.18. The molecule has 1 aliphatic rings. The standard InChI is InChI=1S/C22H16N2O4S/c25-18-9-7-16(11-19(18)28-13-14-4-2-1-3-5-14)17-8-6-15(12-23-17)10-20-21(26)24-22(27)29-20/h1-12,25H,13H2,(H,24,26,27)/b20-10-. The molecular weight excluding hydrogens is 388 g/mol. The maximum atomic E-state index is 11.6. The van der Waals surface area contributed by atoms with Crippen LogP contribution in [0, 0.1) is 0 Å². The SMILES string of the molecule is O=C1NC(=O)/C(=C/c2ccc(-c3ccc(O)c(OCc4ccccc4)c3)nc2)S1. The number of aromatic nitrogens is 1. The van der Waals surface area contributed by atoms with Crippen LogP contribution < -0.4 is 10.1 Å². The maximum absolute atomic E-state index is 11.6. The Hall–Kier alpha value is -3.58. The van der Waals surface area contributed by atoms with Crippen LogP contribution in [-0.2, 0) is 11.4 Å². The molecule has 144 valence electrons. The molecular formula is C22H16N2O4S. The van der Waals surface area contributed by atoms with Crippen LogP contribution in [0.1, 0.15) is 11.1 Å². The summed E-state index contributed by atoms with van der Waals surface area (Å²) >= 11 is 0.866. The Bertz CT molecular complexity index is 1100. The minimum atomic E-state index is -0.400. The van der Waals surface area contributed by atoms with Crippen LogP contribution in [-0.4, -0.2) is 21.2 Å². The molecule has 0 aliphatic carbocycles. The number of phenols is 1. The fourth-order valence-corrected chi connectivity index (χ4v) is 3.44. The molecule has 1 saturated heterocycles. The van der Waals surface area contributed by atoms with Crippen molar-refractivity contribution < 1.29 is 19.4 Å². The summed E-state index contributed by atoms with van der Waals surface area (Å²) < 4.78 is 5.75. The molecule has 2 amide bonds. The van der Waals surface area contributed by atoms with Crippen LogP contribution in [0.15, 0.2) is 71.8 Å². The van der Waals surface area contributed by atoms with Crippen molar-refractivity contribution >= 4 is 29.0 Å². The van der Waals surface area contributed by atoms with E-state index >= 15 is 0 Å². The van der Waals surface area contributed by atoms with Gasteiger partial charge in [0.1, 0.15) is 6.61 Å². The van der Waals surface area contributed by atoms with Gasteiger partial charge in [-0.3, -0.25) is 19.9 Å². The van der Waals surface area contributed by atoms with Gasteiger partial charge in [0.25, 0.3) is 11.1 Å². The van der Waals surface area contributed by atoms with Gasteiger partial charge in [0.2, 0.25) is 0 Å². The summed E-state index contributed by atoms with van der Waals surface area (Å²) in [6.45, 7) is 0.343. The molecule has 2 aromatic carbocycles. The number of rotatable bonds is 5. The third kappa shape index (κ3) is 4.47.